The molecule has 1 amide bonds. The number of piperazine rings is 1. The molecule has 1 saturated carbocycles. The topological polar surface area (TPSA) is 69.3 Å². The lowest BCUT2D eigenvalue weighted by Crippen LogP contribution is -2.50. The average Bonchev–Trinajstić information content (AvgIpc) is 3.04. The number of nitrogens with one attached hydrogen (secondary N) is 1. The lowest BCUT2D eigenvalue weighted by molar-refractivity contribution is -0.140. The minimum Gasteiger partial charge on any atom is -0.340 e. The van der Waals surface area contributed by atoms with Crippen LogP contribution in [-0.4, -0.2) is 51.9 Å². The van der Waals surface area contributed by atoms with Gasteiger partial charge in [0.25, 0.3) is 5.56 Å². The fourth-order valence-electron chi connectivity index (χ4n) is 5.29. The Morgan fingerprint density at radius 1 is 1.16 bits per heavy atom. The number of rotatable bonds is 3. The largest absolute Gasteiger partial charge is 0.340 e. The van der Waals surface area contributed by atoms with Gasteiger partial charge in [0.15, 0.2) is 0 Å². The molecule has 1 aliphatic heterocycles. The lowest BCUT2D eigenvalue weighted by atomic mass is 9.72. The van der Waals surface area contributed by atoms with Crippen molar-refractivity contribution in [3.63, 3.8) is 0 Å². The molecule has 0 bridgehead atoms. The van der Waals surface area contributed by atoms with Crippen molar-refractivity contribution in [1.29, 1.82) is 0 Å². The molecule has 1 saturated heterocycles. The molecule has 0 aromatic carbocycles. The van der Waals surface area contributed by atoms with E-state index in [4.69, 9.17) is 4.98 Å². The van der Waals surface area contributed by atoms with E-state index in [1.165, 1.54) is 16.9 Å². The number of fused-ring (bicyclic) bond motifs is 3. The second-order valence-electron chi connectivity index (χ2n) is 10.7. The normalized spacial score (nSPS) is 23.1. The first-order valence-electron chi connectivity index (χ1n) is 11.8. The summed E-state index contributed by atoms with van der Waals surface area (Å²) in [6.07, 6.45) is 6.51. The van der Waals surface area contributed by atoms with E-state index in [-0.39, 0.29) is 11.5 Å². The minimum absolute atomic E-state index is 0.0190. The number of thiophene rings is 1. The Bertz CT molecular complexity index is 1040. The summed E-state index contributed by atoms with van der Waals surface area (Å²) in [5, 5.41) is 0.826. The molecule has 2 aromatic heterocycles. The molecule has 5 rings (SSSR count). The van der Waals surface area contributed by atoms with E-state index >= 15 is 0 Å². The molecule has 7 heteroatoms. The fourth-order valence-corrected chi connectivity index (χ4v) is 6.61. The van der Waals surface area contributed by atoms with Gasteiger partial charge in [0.2, 0.25) is 5.91 Å². The highest BCUT2D eigenvalue weighted by atomic mass is 32.1. The van der Waals surface area contributed by atoms with Crippen LogP contribution >= 0.6 is 11.3 Å². The van der Waals surface area contributed by atoms with Crippen LogP contribution in [-0.2, 0) is 24.2 Å². The summed E-state index contributed by atoms with van der Waals surface area (Å²) in [6.45, 7) is 10.8. The Morgan fingerprint density at radius 2 is 1.90 bits per heavy atom. The summed E-state index contributed by atoms with van der Waals surface area (Å²) < 4.78 is 0. The molecule has 3 heterocycles. The molecule has 2 aromatic rings. The number of carbonyl (C=O) groups is 1. The van der Waals surface area contributed by atoms with Crippen LogP contribution in [0.4, 0.5) is 0 Å². The molecule has 1 atom stereocenters. The van der Waals surface area contributed by atoms with E-state index in [0.29, 0.717) is 23.8 Å². The SMILES string of the molecule is CC(C)(C)C1CCc2c(sc3nc(CN4CCN(C(=O)C5CCC5)CC4)[nH]c(=O)c23)C1. The van der Waals surface area contributed by atoms with Crippen LogP contribution in [0.15, 0.2) is 4.79 Å². The van der Waals surface area contributed by atoms with Crippen molar-refractivity contribution in [2.45, 2.75) is 65.8 Å². The van der Waals surface area contributed by atoms with Crippen LogP contribution in [0.5, 0.6) is 0 Å². The summed E-state index contributed by atoms with van der Waals surface area (Å²) in [7, 11) is 0. The van der Waals surface area contributed by atoms with E-state index in [2.05, 4.69) is 30.7 Å². The Balaban J connectivity index is 1.28. The van der Waals surface area contributed by atoms with Gasteiger partial charge in [-0.3, -0.25) is 14.5 Å². The summed E-state index contributed by atoms with van der Waals surface area (Å²) in [6, 6.07) is 0. The van der Waals surface area contributed by atoms with Crippen LogP contribution in [0.2, 0.25) is 0 Å². The Labute approximate surface area is 188 Å². The quantitative estimate of drug-likeness (QED) is 0.789. The predicted molar refractivity (Wildman–Crippen MR) is 124 cm³/mol. The van der Waals surface area contributed by atoms with Crippen molar-refractivity contribution in [3.05, 3.63) is 26.6 Å². The smallest absolute Gasteiger partial charge is 0.259 e. The van der Waals surface area contributed by atoms with E-state index in [1.807, 2.05) is 4.90 Å². The first kappa shape index (κ1) is 21.1. The highest BCUT2D eigenvalue weighted by Gasteiger charge is 2.33. The highest BCUT2D eigenvalue weighted by Crippen LogP contribution is 2.42. The molecule has 2 fully saturated rings. The molecule has 3 aliphatic rings. The predicted octanol–water partition coefficient (Wildman–Crippen LogP) is 3.58. The summed E-state index contributed by atoms with van der Waals surface area (Å²) >= 11 is 1.72. The van der Waals surface area contributed by atoms with Crippen molar-refractivity contribution >= 4 is 27.5 Å². The molecular formula is C24H34N4O2S. The zero-order valence-corrected chi connectivity index (χ0v) is 19.8. The number of carbonyl (C=O) groups excluding carboxylic acids is 1. The maximum atomic E-state index is 12.9. The van der Waals surface area contributed by atoms with E-state index in [0.717, 1.165) is 74.3 Å². The number of amides is 1. The summed E-state index contributed by atoms with van der Waals surface area (Å²) in [5.41, 5.74) is 1.55. The first-order valence-corrected chi connectivity index (χ1v) is 12.7. The van der Waals surface area contributed by atoms with Crippen LogP contribution in [0, 0.1) is 17.3 Å². The first-order chi connectivity index (χ1) is 14.8. The number of hydrogen-bond acceptors (Lipinski definition) is 5. The van der Waals surface area contributed by atoms with Crippen molar-refractivity contribution in [2.24, 2.45) is 17.3 Å². The molecule has 0 radical (unpaired) electrons. The van der Waals surface area contributed by atoms with Crippen molar-refractivity contribution in [1.82, 2.24) is 19.8 Å². The van der Waals surface area contributed by atoms with E-state index < -0.39 is 0 Å². The highest BCUT2D eigenvalue weighted by molar-refractivity contribution is 7.18. The maximum Gasteiger partial charge on any atom is 0.259 e. The van der Waals surface area contributed by atoms with Gasteiger partial charge < -0.3 is 9.88 Å². The zero-order valence-electron chi connectivity index (χ0n) is 19.0. The third-order valence-corrected chi connectivity index (χ3v) is 8.85. The molecule has 0 spiro atoms. The van der Waals surface area contributed by atoms with Gasteiger partial charge in [-0.1, -0.05) is 27.2 Å². The number of aromatic nitrogens is 2. The molecule has 1 unspecified atom stereocenters. The second kappa shape index (κ2) is 8.00. The van der Waals surface area contributed by atoms with E-state index in [1.54, 1.807) is 11.3 Å². The molecule has 31 heavy (non-hydrogen) atoms. The molecule has 6 nitrogen and oxygen atoms in total. The van der Waals surface area contributed by atoms with Crippen LogP contribution in [0.1, 0.15) is 62.7 Å². The van der Waals surface area contributed by atoms with Gasteiger partial charge in [-0.15, -0.1) is 11.3 Å². The minimum atomic E-state index is 0.0190. The maximum absolute atomic E-state index is 12.9. The Morgan fingerprint density at radius 3 is 2.55 bits per heavy atom. The Kier molecular flexibility index (Phi) is 5.45. The van der Waals surface area contributed by atoms with Crippen molar-refractivity contribution in [2.75, 3.05) is 26.2 Å². The molecular weight excluding hydrogens is 408 g/mol. The van der Waals surface area contributed by atoms with Gasteiger partial charge in [-0.2, -0.15) is 0 Å². The van der Waals surface area contributed by atoms with Crippen LogP contribution in [0.3, 0.4) is 0 Å². The number of nitrogens with zero attached hydrogens (tertiary/aromatic N) is 3. The van der Waals surface area contributed by atoms with E-state index in [9.17, 15) is 9.59 Å². The van der Waals surface area contributed by atoms with Gasteiger partial charge in [0.1, 0.15) is 10.7 Å². The zero-order chi connectivity index (χ0) is 21.8. The van der Waals surface area contributed by atoms with Crippen LogP contribution in [0.25, 0.3) is 10.2 Å². The van der Waals surface area contributed by atoms with Crippen molar-refractivity contribution < 1.29 is 4.79 Å². The summed E-state index contributed by atoms with van der Waals surface area (Å²) in [5.74, 6) is 2.03. The molecule has 2 aliphatic carbocycles. The molecule has 168 valence electrons. The third-order valence-electron chi connectivity index (χ3n) is 7.70. The number of H-pyrrole nitrogens is 1. The second-order valence-corrected chi connectivity index (χ2v) is 11.8. The lowest BCUT2D eigenvalue weighted by Gasteiger charge is -2.38. The summed E-state index contributed by atoms with van der Waals surface area (Å²) in [4.78, 5) is 39.9. The van der Waals surface area contributed by atoms with Gasteiger partial charge in [0.05, 0.1) is 11.9 Å². The number of hydrogen-bond donors (Lipinski definition) is 1. The third kappa shape index (κ3) is 4.07. The number of aryl methyl sites for hydroxylation is 1. The Hall–Kier alpha value is -1.73. The monoisotopic (exact) mass is 442 g/mol. The molecule has 1 N–H and O–H groups in total. The van der Waals surface area contributed by atoms with Gasteiger partial charge in [-0.05, 0) is 49.0 Å². The van der Waals surface area contributed by atoms with Crippen LogP contribution < -0.4 is 5.56 Å². The standard InChI is InChI=1S/C24H34N4O2S/c1-24(2,3)16-7-8-17-18(13-16)31-22-20(17)21(29)25-19(26-22)14-27-9-11-28(12-10-27)23(30)15-5-4-6-15/h15-16H,4-14H2,1-3H3,(H,25,26,29). The van der Waals surface area contributed by atoms with Gasteiger partial charge >= 0.3 is 0 Å². The van der Waals surface area contributed by atoms with Gasteiger partial charge in [-0.25, -0.2) is 4.98 Å². The fraction of sp³-hybridized carbons (Fsp3) is 0.708. The van der Waals surface area contributed by atoms with Gasteiger partial charge in [0, 0.05) is 37.0 Å². The number of aromatic amines is 1. The van der Waals surface area contributed by atoms with Crippen molar-refractivity contribution in [3.8, 4) is 0 Å². The average molecular weight is 443 g/mol.